The maximum absolute atomic E-state index is 12.6. The number of methoxy groups -OCH3 is 1. The number of carbonyl (C=O) groups excluding carboxylic acids is 1. The Morgan fingerprint density at radius 1 is 1.07 bits per heavy atom. The average molecular weight is 428 g/mol. The number of nitrogens with one attached hydrogen (secondary N) is 2. The third-order valence-corrected chi connectivity index (χ3v) is 6.28. The van der Waals surface area contributed by atoms with Crippen molar-refractivity contribution in [3.63, 3.8) is 0 Å². The van der Waals surface area contributed by atoms with E-state index in [-0.39, 0.29) is 21.2 Å². The second kappa shape index (κ2) is 8.27. The Morgan fingerprint density at radius 3 is 2.21 bits per heavy atom. The molecule has 28 heavy (non-hydrogen) atoms. The maximum atomic E-state index is 12.6. The summed E-state index contributed by atoms with van der Waals surface area (Å²) in [6.07, 6.45) is 0. The van der Waals surface area contributed by atoms with Gasteiger partial charge in [-0.05, 0) is 55.8 Å². The number of aryl methyl sites for hydroxylation is 1. The third kappa shape index (κ3) is 5.29. The quantitative estimate of drug-likeness (QED) is 0.600. The van der Waals surface area contributed by atoms with E-state index in [0.717, 1.165) is 0 Å². The molecule has 9 nitrogen and oxygen atoms in total. The van der Waals surface area contributed by atoms with Crippen LogP contribution < -0.4 is 19.9 Å². The third-order valence-electron chi connectivity index (χ3n) is 3.78. The van der Waals surface area contributed by atoms with Crippen LogP contribution in [0.3, 0.4) is 0 Å². The predicted octanol–water partition coefficient (Wildman–Crippen LogP) is 0.957. The molecule has 1 atom stereocenters. The van der Waals surface area contributed by atoms with Gasteiger partial charge in [-0.1, -0.05) is 6.07 Å². The van der Waals surface area contributed by atoms with Gasteiger partial charge in [0.1, 0.15) is 10.6 Å². The Labute approximate surface area is 164 Å². The van der Waals surface area contributed by atoms with E-state index in [1.807, 2.05) is 0 Å². The molecule has 0 aliphatic rings. The summed E-state index contributed by atoms with van der Waals surface area (Å²) in [5, 5.41) is 7.51. The molecule has 152 valence electrons. The summed E-state index contributed by atoms with van der Waals surface area (Å²) >= 11 is 0. The van der Waals surface area contributed by atoms with Gasteiger partial charge in [0.05, 0.1) is 18.0 Å². The van der Waals surface area contributed by atoms with Crippen LogP contribution in [0.4, 0.5) is 5.69 Å². The summed E-state index contributed by atoms with van der Waals surface area (Å²) in [5.41, 5.74) is 1.00. The highest BCUT2D eigenvalue weighted by Gasteiger charge is 2.25. The van der Waals surface area contributed by atoms with Gasteiger partial charge in [-0.15, -0.1) is 0 Å². The summed E-state index contributed by atoms with van der Waals surface area (Å²) in [7, 11) is -6.51. The molecule has 2 rings (SSSR count). The van der Waals surface area contributed by atoms with Gasteiger partial charge in [-0.2, -0.15) is 4.72 Å². The minimum absolute atomic E-state index is 0.0767. The van der Waals surface area contributed by atoms with E-state index < -0.39 is 32.0 Å². The summed E-state index contributed by atoms with van der Waals surface area (Å²) in [5.74, 6) is -0.470. The van der Waals surface area contributed by atoms with Crippen molar-refractivity contribution in [1.29, 1.82) is 0 Å². The van der Waals surface area contributed by atoms with Crippen LogP contribution >= 0.6 is 0 Å². The van der Waals surface area contributed by atoms with Crippen molar-refractivity contribution < 1.29 is 26.4 Å². The molecule has 0 saturated carbocycles. The van der Waals surface area contributed by atoms with Crippen molar-refractivity contribution >= 4 is 31.6 Å². The molecule has 0 aliphatic carbocycles. The van der Waals surface area contributed by atoms with Crippen molar-refractivity contribution in [2.24, 2.45) is 5.14 Å². The molecule has 0 unspecified atom stereocenters. The Bertz CT molecular complexity index is 1080. The first kappa shape index (κ1) is 21.8. The van der Waals surface area contributed by atoms with Gasteiger partial charge in [0, 0.05) is 5.69 Å². The lowest BCUT2D eigenvalue weighted by Gasteiger charge is -2.16. The second-order valence-corrected chi connectivity index (χ2v) is 9.30. The number of anilines is 1. The van der Waals surface area contributed by atoms with Gasteiger partial charge in [-0.3, -0.25) is 4.79 Å². The van der Waals surface area contributed by atoms with Gasteiger partial charge in [-0.25, -0.2) is 22.0 Å². The van der Waals surface area contributed by atoms with Crippen LogP contribution in [0.15, 0.2) is 52.3 Å². The highest BCUT2D eigenvalue weighted by molar-refractivity contribution is 7.89. The van der Waals surface area contributed by atoms with Gasteiger partial charge < -0.3 is 10.1 Å². The number of benzene rings is 2. The van der Waals surface area contributed by atoms with Crippen LogP contribution in [-0.4, -0.2) is 35.9 Å². The monoisotopic (exact) mass is 427 g/mol. The first-order valence-electron chi connectivity index (χ1n) is 8.05. The zero-order valence-electron chi connectivity index (χ0n) is 15.5. The zero-order valence-corrected chi connectivity index (χ0v) is 17.1. The Morgan fingerprint density at radius 2 is 1.68 bits per heavy atom. The molecule has 0 bridgehead atoms. The average Bonchev–Trinajstić information content (AvgIpc) is 2.61. The Balaban J connectivity index is 2.14. The molecule has 0 saturated heterocycles. The van der Waals surface area contributed by atoms with Crippen LogP contribution in [0.2, 0.25) is 0 Å². The number of amides is 1. The number of hydrogen-bond acceptors (Lipinski definition) is 6. The molecule has 0 aliphatic heterocycles. The van der Waals surface area contributed by atoms with Gasteiger partial charge in [0.15, 0.2) is 0 Å². The van der Waals surface area contributed by atoms with Crippen molar-refractivity contribution in [2.45, 2.75) is 29.7 Å². The Hall–Kier alpha value is -2.47. The molecular formula is C17H21N3O6S2. The summed E-state index contributed by atoms with van der Waals surface area (Å²) in [6, 6.07) is 8.74. The molecule has 0 spiro atoms. The zero-order chi connectivity index (χ0) is 21.1. The smallest absolute Gasteiger partial charge is 0.244 e. The molecule has 0 heterocycles. The number of nitrogens with two attached hydrogens (primary N) is 1. The molecule has 1 amide bonds. The number of sulfonamides is 2. The van der Waals surface area contributed by atoms with E-state index in [0.29, 0.717) is 5.56 Å². The highest BCUT2D eigenvalue weighted by Crippen LogP contribution is 2.24. The normalized spacial score (nSPS) is 13.0. The standard InChI is InChI=1S/C17H21N3O6S2/c1-11-4-9-15(26-3)16(10-11)28(24,25)20-12(2)17(21)19-13-5-7-14(8-6-13)27(18,22)23/h4-10,12,20H,1-3H3,(H,19,21)(H2,18,22,23)/t12-/m1/s1. The molecule has 4 N–H and O–H groups in total. The van der Waals surface area contributed by atoms with Crippen LogP contribution in [0.25, 0.3) is 0 Å². The van der Waals surface area contributed by atoms with Crippen LogP contribution in [-0.2, 0) is 24.8 Å². The number of ether oxygens (including phenoxy) is 1. The lowest BCUT2D eigenvalue weighted by Crippen LogP contribution is -2.41. The minimum Gasteiger partial charge on any atom is -0.495 e. The van der Waals surface area contributed by atoms with E-state index >= 15 is 0 Å². The van der Waals surface area contributed by atoms with Crippen LogP contribution in [0.5, 0.6) is 5.75 Å². The van der Waals surface area contributed by atoms with Crippen molar-refractivity contribution in [2.75, 3.05) is 12.4 Å². The van der Waals surface area contributed by atoms with Crippen molar-refractivity contribution in [1.82, 2.24) is 4.72 Å². The topological polar surface area (TPSA) is 145 Å². The fraction of sp³-hybridized carbons (Fsp3) is 0.235. The van der Waals surface area contributed by atoms with E-state index in [2.05, 4.69) is 10.0 Å². The first-order valence-corrected chi connectivity index (χ1v) is 11.1. The van der Waals surface area contributed by atoms with Gasteiger partial charge in [0.2, 0.25) is 26.0 Å². The molecule has 0 aromatic heterocycles. The van der Waals surface area contributed by atoms with Crippen LogP contribution in [0.1, 0.15) is 12.5 Å². The van der Waals surface area contributed by atoms with Gasteiger partial charge >= 0.3 is 0 Å². The van der Waals surface area contributed by atoms with E-state index in [9.17, 15) is 21.6 Å². The Kier molecular flexibility index (Phi) is 6.44. The lowest BCUT2D eigenvalue weighted by atomic mass is 10.2. The maximum Gasteiger partial charge on any atom is 0.244 e. The van der Waals surface area contributed by atoms with Crippen molar-refractivity contribution in [3.05, 3.63) is 48.0 Å². The number of hydrogen-bond donors (Lipinski definition) is 3. The van der Waals surface area contributed by atoms with E-state index in [1.165, 1.54) is 50.4 Å². The fourth-order valence-corrected chi connectivity index (χ4v) is 4.29. The molecule has 2 aromatic rings. The summed E-state index contributed by atoms with van der Waals surface area (Å²) in [4.78, 5) is 12.1. The molecule has 0 radical (unpaired) electrons. The molecule has 2 aromatic carbocycles. The number of primary sulfonamides is 1. The number of carbonyl (C=O) groups is 1. The van der Waals surface area contributed by atoms with Crippen LogP contribution in [0, 0.1) is 6.92 Å². The minimum atomic E-state index is -4.02. The lowest BCUT2D eigenvalue weighted by molar-refractivity contribution is -0.117. The summed E-state index contributed by atoms with van der Waals surface area (Å²) < 4.78 is 55.1. The largest absolute Gasteiger partial charge is 0.495 e. The second-order valence-electron chi connectivity index (χ2n) is 6.06. The van der Waals surface area contributed by atoms with Crippen molar-refractivity contribution in [3.8, 4) is 5.75 Å². The highest BCUT2D eigenvalue weighted by atomic mass is 32.2. The fourth-order valence-electron chi connectivity index (χ4n) is 2.32. The first-order chi connectivity index (χ1) is 12.9. The predicted molar refractivity (Wildman–Crippen MR) is 104 cm³/mol. The number of rotatable bonds is 7. The molecule has 11 heteroatoms. The van der Waals surface area contributed by atoms with Gasteiger partial charge in [0.25, 0.3) is 0 Å². The van der Waals surface area contributed by atoms with E-state index in [4.69, 9.17) is 9.88 Å². The summed E-state index contributed by atoms with van der Waals surface area (Å²) in [6.45, 7) is 3.12. The SMILES string of the molecule is COc1ccc(C)cc1S(=O)(=O)N[C@H](C)C(=O)Nc1ccc(S(N)(=O)=O)cc1. The molecule has 0 fully saturated rings. The molecular weight excluding hydrogens is 406 g/mol. The van der Waals surface area contributed by atoms with E-state index in [1.54, 1.807) is 13.0 Å².